The number of Topliss-reactive ketones (excluding diaryl/α,β-unsaturated/α-hetero) is 1. The predicted molar refractivity (Wildman–Crippen MR) is 159 cm³/mol. The first-order chi connectivity index (χ1) is 20.1. The number of nitrogens with zero attached hydrogens (tertiary/aromatic N) is 1. The lowest BCUT2D eigenvalue weighted by molar-refractivity contribution is -0.149. The van der Waals surface area contributed by atoms with Crippen molar-refractivity contribution < 1.29 is 28.5 Å². The largest absolute Gasteiger partial charge is 0.492 e. The number of esters is 1. The lowest BCUT2D eigenvalue weighted by Crippen LogP contribution is -2.51. The maximum atomic E-state index is 14.4. The molecule has 7 heteroatoms. The third kappa shape index (κ3) is 4.23. The van der Waals surface area contributed by atoms with Crippen molar-refractivity contribution in [2.24, 2.45) is 34.5 Å². The molecular weight excluding hydrogens is 530 g/mol. The number of carbonyl (C=O) groups excluding carboxylic acids is 2. The van der Waals surface area contributed by atoms with Gasteiger partial charge in [0.15, 0.2) is 11.5 Å². The van der Waals surface area contributed by atoms with Gasteiger partial charge in [-0.25, -0.2) is 0 Å². The van der Waals surface area contributed by atoms with Gasteiger partial charge in [-0.3, -0.25) is 14.5 Å². The van der Waals surface area contributed by atoms with Crippen LogP contribution >= 0.6 is 0 Å². The molecule has 1 aromatic carbocycles. The van der Waals surface area contributed by atoms with E-state index in [0.717, 1.165) is 75.0 Å². The summed E-state index contributed by atoms with van der Waals surface area (Å²) in [5.74, 6) is 4.42. The molecule has 7 rings (SSSR count). The predicted octanol–water partition coefficient (Wildman–Crippen LogP) is 6.42. The first kappa shape index (κ1) is 28.2. The van der Waals surface area contributed by atoms with E-state index in [1.54, 1.807) is 7.11 Å². The molecule has 0 N–H and O–H groups in total. The number of benzene rings is 1. The number of hydrogen-bond acceptors (Lipinski definition) is 7. The summed E-state index contributed by atoms with van der Waals surface area (Å²) in [6.07, 6.45) is 12.5. The molecule has 0 spiro atoms. The van der Waals surface area contributed by atoms with Gasteiger partial charge in [-0.05, 0) is 98.6 Å². The van der Waals surface area contributed by atoms with Crippen LogP contribution in [0.15, 0.2) is 17.7 Å². The van der Waals surface area contributed by atoms with Gasteiger partial charge in [0.2, 0.25) is 12.5 Å². The molecule has 0 amide bonds. The summed E-state index contributed by atoms with van der Waals surface area (Å²) in [4.78, 5) is 28.3. The molecule has 0 unspecified atom stereocenters. The van der Waals surface area contributed by atoms with Crippen molar-refractivity contribution in [2.45, 2.75) is 97.1 Å². The van der Waals surface area contributed by atoms with E-state index in [-0.39, 0.29) is 41.7 Å². The molecule has 4 aliphatic carbocycles. The first-order valence-electron chi connectivity index (χ1n) is 16.2. The van der Waals surface area contributed by atoms with E-state index >= 15 is 0 Å². The normalized spacial score (nSPS) is 38.5. The van der Waals surface area contributed by atoms with Crippen LogP contribution < -0.4 is 14.2 Å². The number of likely N-dealkylation sites (N-methyl/N-ethyl adjacent to an activating group) is 1. The van der Waals surface area contributed by atoms with Crippen molar-refractivity contribution in [3.8, 4) is 17.2 Å². The SMILES string of the molecule is COc1c2c(cc3c1[C@H](CC(=O)[C@H]1CC[C@H]4[C@@H]5CC=C6C[C@@H](OC(C)=O)CC[C@]6(C)[C@H]5CC[C@]14C)N(C)CC3)OCO2. The maximum Gasteiger partial charge on any atom is 0.302 e. The molecule has 0 aromatic heterocycles. The minimum absolute atomic E-state index is 0.0174. The maximum absolute atomic E-state index is 14.4. The fraction of sp³-hybridized carbons (Fsp3) is 0.714. The number of ether oxygens (including phenoxy) is 4. The van der Waals surface area contributed by atoms with E-state index in [0.29, 0.717) is 35.7 Å². The lowest BCUT2D eigenvalue weighted by atomic mass is 9.47. The highest BCUT2D eigenvalue weighted by Gasteiger charge is 2.60. The highest BCUT2D eigenvalue weighted by molar-refractivity contribution is 5.83. The zero-order valence-corrected chi connectivity index (χ0v) is 26.0. The molecule has 2 heterocycles. The van der Waals surface area contributed by atoms with Gasteiger partial charge in [-0.1, -0.05) is 25.5 Å². The lowest BCUT2D eigenvalue weighted by Gasteiger charge is -2.58. The molecular formula is C35H47NO6. The summed E-state index contributed by atoms with van der Waals surface area (Å²) in [7, 11) is 3.83. The van der Waals surface area contributed by atoms with Crippen molar-refractivity contribution in [2.75, 3.05) is 27.5 Å². The van der Waals surface area contributed by atoms with Crippen LogP contribution in [0.1, 0.15) is 95.7 Å². The second kappa shape index (κ2) is 10.3. The molecule has 0 radical (unpaired) electrons. The summed E-state index contributed by atoms with van der Waals surface area (Å²) >= 11 is 0. The van der Waals surface area contributed by atoms with Gasteiger partial charge in [-0.15, -0.1) is 0 Å². The van der Waals surface area contributed by atoms with Crippen LogP contribution in [0.5, 0.6) is 17.2 Å². The molecule has 228 valence electrons. The average Bonchev–Trinajstić information content (AvgIpc) is 3.57. The van der Waals surface area contributed by atoms with Crippen molar-refractivity contribution in [1.82, 2.24) is 4.90 Å². The van der Waals surface area contributed by atoms with Crippen LogP contribution in [0.2, 0.25) is 0 Å². The summed E-state index contributed by atoms with van der Waals surface area (Å²) in [6.45, 7) is 7.57. The zero-order chi connectivity index (χ0) is 29.4. The van der Waals surface area contributed by atoms with Crippen molar-refractivity contribution in [3.05, 3.63) is 28.8 Å². The van der Waals surface area contributed by atoms with E-state index in [1.807, 2.05) is 0 Å². The number of allylic oxidation sites excluding steroid dienone is 1. The van der Waals surface area contributed by atoms with Crippen LogP contribution in [-0.4, -0.2) is 50.3 Å². The van der Waals surface area contributed by atoms with Crippen molar-refractivity contribution in [3.63, 3.8) is 0 Å². The molecule has 7 nitrogen and oxygen atoms in total. The van der Waals surface area contributed by atoms with Crippen LogP contribution in [0.4, 0.5) is 0 Å². The van der Waals surface area contributed by atoms with Gasteiger partial charge in [0, 0.05) is 43.8 Å². The molecule has 3 fully saturated rings. The Bertz CT molecular complexity index is 1320. The van der Waals surface area contributed by atoms with Gasteiger partial charge >= 0.3 is 5.97 Å². The fourth-order valence-electron chi connectivity index (χ4n) is 10.6. The Morgan fingerprint density at radius 3 is 2.71 bits per heavy atom. The van der Waals surface area contributed by atoms with Crippen LogP contribution in [0.25, 0.3) is 0 Å². The Hall–Kier alpha value is -2.54. The minimum atomic E-state index is -0.166. The monoisotopic (exact) mass is 577 g/mol. The Labute approximate surface area is 250 Å². The smallest absolute Gasteiger partial charge is 0.302 e. The Balaban J connectivity index is 1.11. The topological polar surface area (TPSA) is 74.3 Å². The van der Waals surface area contributed by atoms with Crippen LogP contribution in [0, 0.1) is 34.5 Å². The fourth-order valence-corrected chi connectivity index (χ4v) is 10.6. The summed E-state index contributed by atoms with van der Waals surface area (Å²) in [5.41, 5.74) is 4.09. The number of fused-ring (bicyclic) bond motifs is 7. The number of carbonyl (C=O) groups is 2. The van der Waals surface area contributed by atoms with E-state index in [1.165, 1.54) is 24.5 Å². The summed E-state index contributed by atoms with van der Waals surface area (Å²) in [6, 6.07) is 2.08. The van der Waals surface area contributed by atoms with E-state index in [2.05, 4.69) is 37.9 Å². The second-order valence-corrected chi connectivity index (χ2v) is 14.5. The number of methoxy groups -OCH3 is 1. The highest BCUT2D eigenvalue weighted by atomic mass is 16.7. The van der Waals surface area contributed by atoms with Gasteiger partial charge in [0.1, 0.15) is 11.9 Å². The van der Waals surface area contributed by atoms with Crippen LogP contribution in [0.3, 0.4) is 0 Å². The van der Waals surface area contributed by atoms with Gasteiger partial charge in [0.05, 0.1) is 7.11 Å². The quantitative estimate of drug-likeness (QED) is 0.295. The van der Waals surface area contributed by atoms with E-state index in [9.17, 15) is 9.59 Å². The Morgan fingerprint density at radius 2 is 1.93 bits per heavy atom. The summed E-state index contributed by atoms with van der Waals surface area (Å²) < 4.78 is 23.0. The summed E-state index contributed by atoms with van der Waals surface area (Å²) in [5, 5.41) is 0. The van der Waals surface area contributed by atoms with Gasteiger partial charge in [-0.2, -0.15) is 0 Å². The third-order valence-electron chi connectivity index (χ3n) is 12.7. The molecule has 0 bridgehead atoms. The van der Waals surface area contributed by atoms with E-state index in [4.69, 9.17) is 18.9 Å². The minimum Gasteiger partial charge on any atom is -0.492 e. The standard InChI is InChI=1S/C35H47NO6/c1-20(37)42-23-10-13-34(2)22(17-23)6-7-24-25-8-9-27(35(25,3)14-11-26(24)34)29(38)18-28-31-21(12-15-36(28)4)16-30-32(33(31)39-5)41-19-40-30/h6,16,23-28H,7-15,17-19H2,1-5H3/t23-,24-,25-,26-,27+,28-,34-,35-/m0/s1. The molecule has 1 aromatic rings. The van der Waals surface area contributed by atoms with Crippen LogP contribution in [-0.2, 0) is 20.7 Å². The average molecular weight is 578 g/mol. The molecule has 0 saturated heterocycles. The zero-order valence-electron chi connectivity index (χ0n) is 26.0. The molecule has 42 heavy (non-hydrogen) atoms. The second-order valence-electron chi connectivity index (χ2n) is 14.5. The Kier molecular flexibility index (Phi) is 6.91. The first-order valence-corrected chi connectivity index (χ1v) is 16.2. The number of ketones is 1. The van der Waals surface area contributed by atoms with Gasteiger partial charge < -0.3 is 18.9 Å². The third-order valence-corrected chi connectivity index (χ3v) is 12.7. The molecule has 6 aliphatic rings. The molecule has 3 saturated carbocycles. The molecule has 2 aliphatic heterocycles. The Morgan fingerprint density at radius 1 is 1.10 bits per heavy atom. The van der Waals surface area contributed by atoms with Crippen molar-refractivity contribution in [1.29, 1.82) is 0 Å². The number of rotatable bonds is 5. The van der Waals surface area contributed by atoms with E-state index < -0.39 is 0 Å². The highest BCUT2D eigenvalue weighted by Crippen LogP contribution is 2.66. The van der Waals surface area contributed by atoms with Gasteiger partial charge in [0.25, 0.3) is 0 Å². The van der Waals surface area contributed by atoms with Crippen molar-refractivity contribution >= 4 is 11.8 Å². The number of hydrogen-bond donors (Lipinski definition) is 0. The molecule has 8 atom stereocenters.